The van der Waals surface area contributed by atoms with Crippen LogP contribution in [-0.4, -0.2) is 18.6 Å². The Morgan fingerprint density at radius 3 is 2.58 bits per heavy atom. The normalized spacial score (nSPS) is 12.6. The lowest BCUT2D eigenvalue weighted by molar-refractivity contribution is 0.492. The fourth-order valence-electron chi connectivity index (χ4n) is 2.20. The van der Waals surface area contributed by atoms with Gasteiger partial charge < -0.3 is 5.32 Å². The summed E-state index contributed by atoms with van der Waals surface area (Å²) in [7, 11) is 2.00. The first-order valence-electron chi connectivity index (χ1n) is 6.47. The van der Waals surface area contributed by atoms with Gasteiger partial charge in [0.2, 0.25) is 0 Å². The van der Waals surface area contributed by atoms with Crippen LogP contribution in [0.25, 0.3) is 0 Å². The predicted octanol–water partition coefficient (Wildman–Crippen LogP) is 3.73. The maximum atomic E-state index is 5.92. The number of hydrogen-bond donors (Lipinski definition) is 1. The smallest absolute Gasteiger partial charge is 0.0931 e. The second kappa shape index (κ2) is 7.04. The minimum absolute atomic E-state index is 0.566. The Morgan fingerprint density at radius 2 is 2.00 bits per heavy atom. The Balaban J connectivity index is 2.01. The van der Waals surface area contributed by atoms with Gasteiger partial charge in [0.05, 0.1) is 5.01 Å². The zero-order valence-electron chi connectivity index (χ0n) is 11.3. The van der Waals surface area contributed by atoms with Gasteiger partial charge in [0.1, 0.15) is 0 Å². The van der Waals surface area contributed by atoms with Crippen molar-refractivity contribution in [1.82, 2.24) is 10.3 Å². The third kappa shape index (κ3) is 4.60. The van der Waals surface area contributed by atoms with E-state index in [0.29, 0.717) is 5.92 Å². The average molecular weight is 295 g/mol. The number of aromatic nitrogens is 1. The third-order valence-electron chi connectivity index (χ3n) is 3.06. The molecule has 1 atom stereocenters. The molecule has 0 saturated carbocycles. The van der Waals surface area contributed by atoms with E-state index >= 15 is 0 Å². The van der Waals surface area contributed by atoms with Crippen molar-refractivity contribution in [2.75, 3.05) is 13.6 Å². The number of aryl methyl sites for hydroxylation is 1. The van der Waals surface area contributed by atoms with Gasteiger partial charge >= 0.3 is 0 Å². The molecule has 102 valence electrons. The Bertz CT molecular complexity index is 507. The van der Waals surface area contributed by atoms with Crippen LogP contribution in [0.3, 0.4) is 0 Å². The number of halogens is 1. The minimum atomic E-state index is 0.566. The monoisotopic (exact) mass is 294 g/mol. The van der Waals surface area contributed by atoms with Crippen molar-refractivity contribution in [1.29, 1.82) is 0 Å². The fourth-order valence-corrected chi connectivity index (χ4v) is 3.22. The first kappa shape index (κ1) is 14.5. The molecule has 0 saturated heterocycles. The van der Waals surface area contributed by atoms with Gasteiger partial charge in [-0.2, -0.15) is 0 Å². The predicted molar refractivity (Wildman–Crippen MR) is 83.1 cm³/mol. The SMILES string of the molecule is CNCC(Cc1ccc(Cl)cc1)Cc1nc(C)cs1. The van der Waals surface area contributed by atoms with E-state index < -0.39 is 0 Å². The van der Waals surface area contributed by atoms with Crippen molar-refractivity contribution in [3.05, 3.63) is 50.9 Å². The summed E-state index contributed by atoms with van der Waals surface area (Å²) in [5.41, 5.74) is 2.45. The zero-order chi connectivity index (χ0) is 13.7. The number of benzene rings is 1. The third-order valence-corrected chi connectivity index (χ3v) is 4.30. The molecule has 4 heteroatoms. The van der Waals surface area contributed by atoms with E-state index in [1.807, 2.05) is 26.1 Å². The number of nitrogens with zero attached hydrogens (tertiary/aromatic N) is 1. The highest BCUT2D eigenvalue weighted by Crippen LogP contribution is 2.18. The molecule has 1 unspecified atom stereocenters. The summed E-state index contributed by atoms with van der Waals surface area (Å²) in [6.07, 6.45) is 2.08. The highest BCUT2D eigenvalue weighted by molar-refractivity contribution is 7.09. The second-order valence-corrected chi connectivity index (χ2v) is 6.22. The molecular formula is C15H19ClN2S. The Hall–Kier alpha value is -0.900. The number of thiazole rings is 1. The van der Waals surface area contributed by atoms with E-state index in [0.717, 1.165) is 30.1 Å². The van der Waals surface area contributed by atoms with Gasteiger partial charge in [-0.25, -0.2) is 4.98 Å². The zero-order valence-corrected chi connectivity index (χ0v) is 12.9. The van der Waals surface area contributed by atoms with Crippen LogP contribution in [0.1, 0.15) is 16.3 Å². The van der Waals surface area contributed by atoms with Gasteiger partial charge in [-0.1, -0.05) is 23.7 Å². The van der Waals surface area contributed by atoms with Gasteiger partial charge in [0.25, 0.3) is 0 Å². The number of nitrogens with one attached hydrogen (secondary N) is 1. The van der Waals surface area contributed by atoms with E-state index in [1.165, 1.54) is 10.6 Å². The Labute approximate surface area is 123 Å². The van der Waals surface area contributed by atoms with Crippen molar-refractivity contribution in [3.63, 3.8) is 0 Å². The van der Waals surface area contributed by atoms with Gasteiger partial charge in [0.15, 0.2) is 0 Å². The molecular weight excluding hydrogens is 276 g/mol. The molecule has 0 aliphatic heterocycles. The molecule has 1 aromatic carbocycles. The van der Waals surface area contributed by atoms with Crippen LogP contribution in [0.2, 0.25) is 5.02 Å². The highest BCUT2D eigenvalue weighted by atomic mass is 35.5. The summed E-state index contributed by atoms with van der Waals surface area (Å²) >= 11 is 7.68. The lowest BCUT2D eigenvalue weighted by Gasteiger charge is -2.15. The van der Waals surface area contributed by atoms with Crippen LogP contribution < -0.4 is 5.32 Å². The van der Waals surface area contributed by atoms with Crippen molar-refractivity contribution in [2.24, 2.45) is 5.92 Å². The topological polar surface area (TPSA) is 24.9 Å². The number of hydrogen-bond acceptors (Lipinski definition) is 3. The van der Waals surface area contributed by atoms with E-state index in [2.05, 4.69) is 27.8 Å². The maximum absolute atomic E-state index is 5.92. The quantitative estimate of drug-likeness (QED) is 0.878. The van der Waals surface area contributed by atoms with E-state index in [9.17, 15) is 0 Å². The molecule has 2 nitrogen and oxygen atoms in total. The van der Waals surface area contributed by atoms with Crippen LogP contribution in [0.4, 0.5) is 0 Å². The maximum Gasteiger partial charge on any atom is 0.0931 e. The first-order chi connectivity index (χ1) is 9.17. The summed E-state index contributed by atoms with van der Waals surface area (Å²) in [6, 6.07) is 8.14. The van der Waals surface area contributed by atoms with Crippen molar-refractivity contribution >= 4 is 22.9 Å². The molecule has 0 radical (unpaired) electrons. The van der Waals surface area contributed by atoms with Crippen molar-refractivity contribution in [3.8, 4) is 0 Å². The average Bonchev–Trinajstić information content (AvgIpc) is 2.78. The summed E-state index contributed by atoms with van der Waals surface area (Å²) in [5.74, 6) is 0.566. The molecule has 1 N–H and O–H groups in total. The van der Waals surface area contributed by atoms with Crippen LogP contribution in [-0.2, 0) is 12.8 Å². The van der Waals surface area contributed by atoms with E-state index in [4.69, 9.17) is 11.6 Å². The molecule has 0 aliphatic rings. The van der Waals surface area contributed by atoms with Crippen molar-refractivity contribution < 1.29 is 0 Å². The lowest BCUT2D eigenvalue weighted by Crippen LogP contribution is -2.22. The lowest BCUT2D eigenvalue weighted by atomic mass is 9.96. The van der Waals surface area contributed by atoms with Crippen molar-refractivity contribution in [2.45, 2.75) is 19.8 Å². The Kier molecular flexibility index (Phi) is 5.37. The van der Waals surface area contributed by atoms with Crippen LogP contribution in [0.5, 0.6) is 0 Å². The standard InChI is InChI=1S/C15H19ClN2S/c1-11-10-19-15(18-11)8-13(9-17-2)7-12-3-5-14(16)6-4-12/h3-6,10,13,17H,7-9H2,1-2H3. The van der Waals surface area contributed by atoms with Crippen LogP contribution in [0.15, 0.2) is 29.6 Å². The minimum Gasteiger partial charge on any atom is -0.319 e. The van der Waals surface area contributed by atoms with E-state index in [-0.39, 0.29) is 0 Å². The largest absolute Gasteiger partial charge is 0.319 e. The van der Waals surface area contributed by atoms with Gasteiger partial charge in [-0.3, -0.25) is 0 Å². The summed E-state index contributed by atoms with van der Waals surface area (Å²) < 4.78 is 0. The Morgan fingerprint density at radius 1 is 1.26 bits per heavy atom. The van der Waals surface area contributed by atoms with Crippen LogP contribution in [0, 0.1) is 12.8 Å². The fraction of sp³-hybridized carbons (Fsp3) is 0.400. The summed E-state index contributed by atoms with van der Waals surface area (Å²) in [6.45, 7) is 3.05. The molecule has 1 heterocycles. The molecule has 0 bridgehead atoms. The molecule has 1 aromatic heterocycles. The number of rotatable bonds is 6. The van der Waals surface area contributed by atoms with Crippen LogP contribution >= 0.6 is 22.9 Å². The molecule has 2 aromatic rings. The molecule has 2 rings (SSSR count). The molecule has 19 heavy (non-hydrogen) atoms. The molecule has 0 amide bonds. The van der Waals surface area contributed by atoms with Gasteiger partial charge in [-0.15, -0.1) is 11.3 Å². The summed E-state index contributed by atoms with van der Waals surface area (Å²) in [5, 5.41) is 7.42. The second-order valence-electron chi connectivity index (χ2n) is 4.84. The molecule has 0 aliphatic carbocycles. The first-order valence-corrected chi connectivity index (χ1v) is 7.73. The molecule has 0 fully saturated rings. The van der Waals surface area contributed by atoms with E-state index in [1.54, 1.807) is 11.3 Å². The molecule has 0 spiro atoms. The van der Waals surface area contributed by atoms with Gasteiger partial charge in [-0.05, 0) is 50.6 Å². The highest BCUT2D eigenvalue weighted by Gasteiger charge is 2.12. The summed E-state index contributed by atoms with van der Waals surface area (Å²) in [4.78, 5) is 4.56. The van der Waals surface area contributed by atoms with Gasteiger partial charge in [0, 0.05) is 22.5 Å².